The molecule has 0 heterocycles. The molecule has 4 nitrogen and oxygen atoms in total. The van der Waals surface area contributed by atoms with E-state index in [0.29, 0.717) is 19.4 Å². The average Bonchev–Trinajstić information content (AvgIpc) is 2.42. The van der Waals surface area contributed by atoms with Gasteiger partial charge in [-0.3, -0.25) is 4.79 Å². The van der Waals surface area contributed by atoms with Gasteiger partial charge < -0.3 is 14.8 Å². The van der Waals surface area contributed by atoms with Crippen LogP contribution in [0, 0.1) is 0 Å². The topological polar surface area (TPSA) is 47.6 Å². The molecular formula is C14H21NO3. The number of ether oxygens (including phenoxy) is 2. The molecule has 0 unspecified atom stereocenters. The highest BCUT2D eigenvalue weighted by atomic mass is 16.5. The fourth-order valence-electron chi connectivity index (χ4n) is 1.65. The van der Waals surface area contributed by atoms with Crippen molar-refractivity contribution >= 4 is 5.91 Å². The van der Waals surface area contributed by atoms with E-state index in [1.807, 2.05) is 18.2 Å². The Kier molecular flexibility index (Phi) is 6.05. The molecule has 1 rings (SSSR count). The first-order valence-electron chi connectivity index (χ1n) is 6.21. The fraction of sp³-hybridized carbons (Fsp3) is 0.500. The number of aryl methyl sites for hydroxylation is 1. The van der Waals surface area contributed by atoms with Crippen LogP contribution in [-0.4, -0.2) is 26.7 Å². The number of nitrogens with one attached hydrogen (secondary N) is 1. The van der Waals surface area contributed by atoms with Crippen LogP contribution in [0.5, 0.6) is 11.5 Å². The maximum Gasteiger partial charge on any atom is 0.219 e. The van der Waals surface area contributed by atoms with E-state index < -0.39 is 0 Å². The Morgan fingerprint density at radius 1 is 1.39 bits per heavy atom. The van der Waals surface area contributed by atoms with Crippen LogP contribution in [0.3, 0.4) is 0 Å². The van der Waals surface area contributed by atoms with Crippen LogP contribution in [0.2, 0.25) is 0 Å². The molecule has 0 saturated carbocycles. The molecule has 0 atom stereocenters. The minimum Gasteiger partial charge on any atom is -0.496 e. The molecule has 0 aliphatic rings. The Labute approximate surface area is 108 Å². The van der Waals surface area contributed by atoms with Crippen molar-refractivity contribution in [3.63, 3.8) is 0 Å². The Bertz CT molecular complexity index is 391. The second-order valence-corrected chi connectivity index (χ2v) is 3.95. The molecule has 0 saturated heterocycles. The first kappa shape index (κ1) is 14.4. The third-order valence-corrected chi connectivity index (χ3v) is 2.74. The third-order valence-electron chi connectivity index (χ3n) is 2.74. The van der Waals surface area contributed by atoms with Crippen LogP contribution < -0.4 is 14.8 Å². The first-order chi connectivity index (χ1) is 8.71. The summed E-state index contributed by atoms with van der Waals surface area (Å²) in [6.07, 6.45) is 2.12. The van der Waals surface area contributed by atoms with Gasteiger partial charge in [-0.25, -0.2) is 0 Å². The van der Waals surface area contributed by atoms with Gasteiger partial charge in [0.15, 0.2) is 0 Å². The van der Waals surface area contributed by atoms with Crippen molar-refractivity contribution in [1.29, 1.82) is 0 Å². The Balaban J connectivity index is 2.45. The standard InChI is InChI=1S/C14H21NO3/c1-4-11-7-8-12(10-13(11)17-3)18-9-5-6-14(16)15-2/h7-8,10H,4-6,9H2,1-3H3,(H,15,16). The van der Waals surface area contributed by atoms with E-state index in [2.05, 4.69) is 12.2 Å². The van der Waals surface area contributed by atoms with Crippen molar-refractivity contribution < 1.29 is 14.3 Å². The highest BCUT2D eigenvalue weighted by molar-refractivity contribution is 5.75. The molecule has 0 fully saturated rings. The summed E-state index contributed by atoms with van der Waals surface area (Å²) in [5, 5.41) is 2.58. The van der Waals surface area contributed by atoms with Crippen molar-refractivity contribution in [2.24, 2.45) is 0 Å². The lowest BCUT2D eigenvalue weighted by atomic mass is 10.1. The van der Waals surface area contributed by atoms with Gasteiger partial charge in [-0.2, -0.15) is 0 Å². The summed E-state index contributed by atoms with van der Waals surface area (Å²) in [6, 6.07) is 5.83. The molecule has 0 aromatic heterocycles. The zero-order valence-corrected chi connectivity index (χ0v) is 11.3. The molecule has 1 aromatic carbocycles. The molecule has 1 amide bonds. The summed E-state index contributed by atoms with van der Waals surface area (Å²) in [4.78, 5) is 11.0. The molecule has 100 valence electrons. The van der Waals surface area contributed by atoms with Crippen LogP contribution in [0.4, 0.5) is 0 Å². The maximum absolute atomic E-state index is 11.0. The van der Waals surface area contributed by atoms with E-state index in [4.69, 9.17) is 9.47 Å². The Morgan fingerprint density at radius 3 is 2.78 bits per heavy atom. The molecule has 18 heavy (non-hydrogen) atoms. The Hall–Kier alpha value is -1.71. The predicted octanol–water partition coefficient (Wildman–Crippen LogP) is 2.16. The predicted molar refractivity (Wildman–Crippen MR) is 71.2 cm³/mol. The van der Waals surface area contributed by atoms with Gasteiger partial charge in [-0.15, -0.1) is 0 Å². The van der Waals surface area contributed by atoms with Crippen molar-refractivity contribution in [2.45, 2.75) is 26.2 Å². The minimum atomic E-state index is 0.0394. The van der Waals surface area contributed by atoms with Crippen LogP contribution in [-0.2, 0) is 11.2 Å². The quantitative estimate of drug-likeness (QED) is 0.755. The number of amides is 1. The zero-order chi connectivity index (χ0) is 13.4. The van der Waals surface area contributed by atoms with Gasteiger partial charge in [0, 0.05) is 19.5 Å². The van der Waals surface area contributed by atoms with E-state index in [0.717, 1.165) is 23.5 Å². The van der Waals surface area contributed by atoms with Crippen LogP contribution in [0.25, 0.3) is 0 Å². The van der Waals surface area contributed by atoms with Gasteiger partial charge in [-0.05, 0) is 24.5 Å². The average molecular weight is 251 g/mol. The summed E-state index contributed by atoms with van der Waals surface area (Å²) in [7, 11) is 3.29. The molecule has 0 aliphatic heterocycles. The molecule has 0 spiro atoms. The second-order valence-electron chi connectivity index (χ2n) is 3.95. The fourth-order valence-corrected chi connectivity index (χ4v) is 1.65. The van der Waals surface area contributed by atoms with Gasteiger partial charge >= 0.3 is 0 Å². The van der Waals surface area contributed by atoms with Crippen LogP contribution in [0.15, 0.2) is 18.2 Å². The highest BCUT2D eigenvalue weighted by Crippen LogP contribution is 2.25. The number of hydrogen-bond donors (Lipinski definition) is 1. The normalized spacial score (nSPS) is 9.94. The summed E-state index contributed by atoms with van der Waals surface area (Å²) in [6.45, 7) is 2.61. The minimum absolute atomic E-state index is 0.0394. The van der Waals surface area contributed by atoms with E-state index in [1.165, 1.54) is 0 Å². The van der Waals surface area contributed by atoms with E-state index in [1.54, 1.807) is 14.2 Å². The molecule has 1 aromatic rings. The van der Waals surface area contributed by atoms with Crippen molar-refractivity contribution in [1.82, 2.24) is 5.32 Å². The van der Waals surface area contributed by atoms with E-state index >= 15 is 0 Å². The van der Waals surface area contributed by atoms with Gasteiger partial charge in [0.1, 0.15) is 11.5 Å². The number of benzene rings is 1. The zero-order valence-electron chi connectivity index (χ0n) is 11.3. The lowest BCUT2D eigenvalue weighted by Gasteiger charge is -2.10. The number of hydrogen-bond acceptors (Lipinski definition) is 3. The molecular weight excluding hydrogens is 230 g/mol. The largest absolute Gasteiger partial charge is 0.496 e. The van der Waals surface area contributed by atoms with E-state index in [-0.39, 0.29) is 5.91 Å². The number of carbonyl (C=O) groups excluding carboxylic acids is 1. The van der Waals surface area contributed by atoms with Gasteiger partial charge in [0.25, 0.3) is 0 Å². The maximum atomic E-state index is 11.0. The number of carbonyl (C=O) groups is 1. The number of methoxy groups -OCH3 is 1. The van der Waals surface area contributed by atoms with Crippen molar-refractivity contribution in [3.05, 3.63) is 23.8 Å². The van der Waals surface area contributed by atoms with Crippen molar-refractivity contribution in [3.8, 4) is 11.5 Å². The monoisotopic (exact) mass is 251 g/mol. The van der Waals surface area contributed by atoms with Gasteiger partial charge in [-0.1, -0.05) is 13.0 Å². The smallest absolute Gasteiger partial charge is 0.219 e. The first-order valence-corrected chi connectivity index (χ1v) is 6.21. The highest BCUT2D eigenvalue weighted by Gasteiger charge is 2.04. The molecule has 1 N–H and O–H groups in total. The summed E-state index contributed by atoms with van der Waals surface area (Å²) in [5.41, 5.74) is 1.16. The lowest BCUT2D eigenvalue weighted by Crippen LogP contribution is -2.18. The molecule has 0 bridgehead atoms. The van der Waals surface area contributed by atoms with Crippen LogP contribution >= 0.6 is 0 Å². The molecule has 4 heteroatoms. The number of rotatable bonds is 7. The molecule has 0 radical (unpaired) electrons. The van der Waals surface area contributed by atoms with Crippen LogP contribution in [0.1, 0.15) is 25.3 Å². The lowest BCUT2D eigenvalue weighted by molar-refractivity contribution is -0.120. The van der Waals surface area contributed by atoms with E-state index in [9.17, 15) is 4.79 Å². The van der Waals surface area contributed by atoms with Gasteiger partial charge in [0.2, 0.25) is 5.91 Å². The van der Waals surface area contributed by atoms with Crippen molar-refractivity contribution in [2.75, 3.05) is 20.8 Å². The van der Waals surface area contributed by atoms with Gasteiger partial charge in [0.05, 0.1) is 13.7 Å². The summed E-state index contributed by atoms with van der Waals surface area (Å²) < 4.78 is 10.9. The second kappa shape index (κ2) is 7.58. The summed E-state index contributed by atoms with van der Waals surface area (Å²) >= 11 is 0. The summed E-state index contributed by atoms with van der Waals surface area (Å²) in [5.74, 6) is 1.67. The third kappa shape index (κ3) is 4.28. The molecule has 0 aliphatic carbocycles. The SMILES string of the molecule is CCc1ccc(OCCCC(=O)NC)cc1OC. The Morgan fingerprint density at radius 2 is 2.17 bits per heavy atom.